The van der Waals surface area contributed by atoms with Crippen molar-refractivity contribution in [3.63, 3.8) is 0 Å². The van der Waals surface area contributed by atoms with E-state index in [0.717, 1.165) is 4.90 Å². The van der Waals surface area contributed by atoms with Crippen molar-refractivity contribution in [2.45, 2.75) is 33.2 Å². The van der Waals surface area contributed by atoms with E-state index < -0.39 is 18.0 Å². The Bertz CT molecular complexity index is 333. The van der Waals surface area contributed by atoms with E-state index in [1.54, 1.807) is 13.8 Å². The van der Waals surface area contributed by atoms with E-state index in [2.05, 4.69) is 10.6 Å². The van der Waals surface area contributed by atoms with Gasteiger partial charge in [-0.1, -0.05) is 20.3 Å². The number of carboxylic acid groups (broad SMARTS) is 1. The summed E-state index contributed by atoms with van der Waals surface area (Å²) in [4.78, 5) is 35.3. The Hall–Kier alpha value is -1.79. The number of nitrogens with one attached hydrogen (secondary N) is 2. The van der Waals surface area contributed by atoms with Crippen molar-refractivity contribution < 1.29 is 19.5 Å². The summed E-state index contributed by atoms with van der Waals surface area (Å²) in [6, 6.07) is -1.52. The summed E-state index contributed by atoms with van der Waals surface area (Å²) in [5.41, 5.74) is 0. The Morgan fingerprint density at radius 1 is 1.26 bits per heavy atom. The molecule has 7 heteroatoms. The number of rotatable bonds is 7. The maximum Gasteiger partial charge on any atom is 0.326 e. The van der Waals surface area contributed by atoms with Gasteiger partial charge in [0.05, 0.1) is 0 Å². The number of carbonyl (C=O) groups is 3. The number of hydrogen-bond acceptors (Lipinski definition) is 3. The van der Waals surface area contributed by atoms with E-state index in [1.165, 1.54) is 7.05 Å². The van der Waals surface area contributed by atoms with Crippen molar-refractivity contribution in [1.82, 2.24) is 15.5 Å². The zero-order valence-corrected chi connectivity index (χ0v) is 11.9. The normalized spacial score (nSPS) is 13.3. The lowest BCUT2D eigenvalue weighted by Gasteiger charge is -2.24. The van der Waals surface area contributed by atoms with Crippen LogP contribution in [0.3, 0.4) is 0 Å². The molecule has 3 amide bonds. The van der Waals surface area contributed by atoms with E-state index in [-0.39, 0.29) is 18.4 Å². The van der Waals surface area contributed by atoms with Crippen LogP contribution in [0.1, 0.15) is 27.2 Å². The van der Waals surface area contributed by atoms with Gasteiger partial charge in [-0.05, 0) is 12.8 Å². The average Bonchev–Trinajstić information content (AvgIpc) is 2.34. The predicted molar refractivity (Wildman–Crippen MR) is 70.7 cm³/mol. The van der Waals surface area contributed by atoms with Crippen molar-refractivity contribution >= 4 is 17.9 Å². The SMILES string of the molecule is CCNC(=O)CN(C)C(=O)N[C@H](C(=O)O)[C@@H](C)CC. The zero-order chi connectivity index (χ0) is 15.0. The van der Waals surface area contributed by atoms with Crippen LogP contribution in [0.2, 0.25) is 0 Å². The first-order valence-corrected chi connectivity index (χ1v) is 6.34. The van der Waals surface area contributed by atoms with E-state index in [9.17, 15) is 14.4 Å². The quantitative estimate of drug-likeness (QED) is 0.619. The summed E-state index contributed by atoms with van der Waals surface area (Å²) in [5.74, 6) is -1.54. The van der Waals surface area contributed by atoms with Crippen LogP contribution in [0.15, 0.2) is 0 Å². The van der Waals surface area contributed by atoms with Crippen LogP contribution < -0.4 is 10.6 Å². The lowest BCUT2D eigenvalue weighted by atomic mass is 9.99. The highest BCUT2D eigenvalue weighted by Crippen LogP contribution is 2.08. The first-order chi connectivity index (χ1) is 8.83. The third kappa shape index (κ3) is 6.08. The van der Waals surface area contributed by atoms with Gasteiger partial charge in [0.1, 0.15) is 12.6 Å². The zero-order valence-electron chi connectivity index (χ0n) is 11.9. The van der Waals surface area contributed by atoms with E-state index >= 15 is 0 Å². The molecular formula is C12H23N3O4. The molecule has 0 aromatic heterocycles. The number of likely N-dealkylation sites (N-methyl/N-ethyl adjacent to an activating group) is 2. The van der Waals surface area contributed by atoms with Crippen molar-refractivity contribution in [1.29, 1.82) is 0 Å². The minimum absolute atomic E-state index is 0.105. The minimum atomic E-state index is -1.07. The smallest absolute Gasteiger partial charge is 0.326 e. The highest BCUT2D eigenvalue weighted by molar-refractivity contribution is 5.86. The second-order valence-corrected chi connectivity index (χ2v) is 4.46. The van der Waals surface area contributed by atoms with Gasteiger partial charge < -0.3 is 20.6 Å². The van der Waals surface area contributed by atoms with Crippen LogP contribution in [-0.2, 0) is 9.59 Å². The van der Waals surface area contributed by atoms with Gasteiger partial charge in [-0.25, -0.2) is 9.59 Å². The van der Waals surface area contributed by atoms with Crippen LogP contribution >= 0.6 is 0 Å². The molecule has 0 aromatic carbocycles. The molecule has 0 saturated carbocycles. The Balaban J connectivity index is 4.47. The fourth-order valence-corrected chi connectivity index (χ4v) is 1.47. The maximum atomic E-state index is 11.8. The molecule has 0 saturated heterocycles. The maximum absolute atomic E-state index is 11.8. The minimum Gasteiger partial charge on any atom is -0.480 e. The fourth-order valence-electron chi connectivity index (χ4n) is 1.47. The highest BCUT2D eigenvalue weighted by Gasteiger charge is 2.26. The average molecular weight is 273 g/mol. The summed E-state index contributed by atoms with van der Waals surface area (Å²) >= 11 is 0. The third-order valence-corrected chi connectivity index (χ3v) is 2.86. The monoisotopic (exact) mass is 273 g/mol. The van der Waals surface area contributed by atoms with E-state index in [1.807, 2.05) is 6.92 Å². The Kier molecular flexibility index (Phi) is 7.55. The standard InChI is InChI=1S/C12H23N3O4/c1-5-8(3)10(11(17)18)14-12(19)15(4)7-9(16)13-6-2/h8,10H,5-7H2,1-4H3,(H,13,16)(H,14,19)(H,17,18)/t8-,10-/m0/s1. The fraction of sp³-hybridized carbons (Fsp3) is 0.750. The number of aliphatic carboxylic acids is 1. The molecule has 0 radical (unpaired) electrons. The first kappa shape index (κ1) is 17.2. The lowest BCUT2D eigenvalue weighted by molar-refractivity contribution is -0.140. The van der Waals surface area contributed by atoms with Gasteiger partial charge in [-0.15, -0.1) is 0 Å². The molecule has 0 aliphatic carbocycles. The molecule has 0 spiro atoms. The molecular weight excluding hydrogens is 250 g/mol. The number of urea groups is 1. The molecule has 0 aliphatic rings. The number of nitrogens with zero attached hydrogens (tertiary/aromatic N) is 1. The van der Waals surface area contributed by atoms with Gasteiger partial charge in [0.25, 0.3) is 0 Å². The number of carbonyl (C=O) groups excluding carboxylic acids is 2. The molecule has 110 valence electrons. The largest absolute Gasteiger partial charge is 0.480 e. The third-order valence-electron chi connectivity index (χ3n) is 2.86. The predicted octanol–water partition coefficient (Wildman–Crippen LogP) is 0.263. The van der Waals surface area contributed by atoms with Gasteiger partial charge in [0.15, 0.2) is 0 Å². The van der Waals surface area contributed by atoms with Crippen LogP contribution in [0.5, 0.6) is 0 Å². The van der Waals surface area contributed by atoms with Gasteiger partial charge >= 0.3 is 12.0 Å². The Morgan fingerprint density at radius 2 is 1.84 bits per heavy atom. The van der Waals surface area contributed by atoms with Crippen LogP contribution in [0, 0.1) is 5.92 Å². The van der Waals surface area contributed by atoms with Gasteiger partial charge in [-0.3, -0.25) is 4.79 Å². The van der Waals surface area contributed by atoms with Crippen molar-refractivity contribution in [2.24, 2.45) is 5.92 Å². The molecule has 19 heavy (non-hydrogen) atoms. The van der Waals surface area contributed by atoms with Gasteiger partial charge in [-0.2, -0.15) is 0 Å². The summed E-state index contributed by atoms with van der Waals surface area (Å²) in [6.07, 6.45) is 0.636. The number of hydrogen-bond donors (Lipinski definition) is 3. The molecule has 2 atom stereocenters. The summed E-state index contributed by atoms with van der Waals surface area (Å²) in [7, 11) is 1.44. The number of amides is 3. The molecule has 0 aromatic rings. The molecule has 0 aliphatic heterocycles. The Morgan fingerprint density at radius 3 is 2.26 bits per heavy atom. The summed E-state index contributed by atoms with van der Waals surface area (Å²) in [5, 5.41) is 14.0. The summed E-state index contributed by atoms with van der Waals surface area (Å²) < 4.78 is 0. The van der Waals surface area contributed by atoms with Crippen LogP contribution in [0.25, 0.3) is 0 Å². The Labute approximate surface area is 113 Å². The van der Waals surface area contributed by atoms with E-state index in [4.69, 9.17) is 5.11 Å². The van der Waals surface area contributed by atoms with Crippen molar-refractivity contribution in [3.05, 3.63) is 0 Å². The molecule has 0 fully saturated rings. The molecule has 0 rings (SSSR count). The summed E-state index contributed by atoms with van der Waals surface area (Å²) in [6.45, 7) is 5.76. The first-order valence-electron chi connectivity index (χ1n) is 6.34. The topological polar surface area (TPSA) is 98.7 Å². The van der Waals surface area contributed by atoms with Crippen LogP contribution in [0.4, 0.5) is 4.79 Å². The second-order valence-electron chi connectivity index (χ2n) is 4.46. The second kappa shape index (κ2) is 8.34. The van der Waals surface area contributed by atoms with Gasteiger partial charge in [0.2, 0.25) is 5.91 Å². The molecule has 0 bridgehead atoms. The van der Waals surface area contributed by atoms with Crippen molar-refractivity contribution in [3.8, 4) is 0 Å². The molecule has 7 nitrogen and oxygen atoms in total. The molecule has 3 N–H and O–H groups in total. The number of carboxylic acids is 1. The highest BCUT2D eigenvalue weighted by atomic mass is 16.4. The van der Waals surface area contributed by atoms with Gasteiger partial charge in [0, 0.05) is 13.6 Å². The van der Waals surface area contributed by atoms with E-state index in [0.29, 0.717) is 13.0 Å². The molecule has 0 unspecified atom stereocenters. The van der Waals surface area contributed by atoms with Crippen LogP contribution in [-0.4, -0.2) is 54.1 Å². The molecule has 0 heterocycles. The lowest BCUT2D eigenvalue weighted by Crippen LogP contribution is -2.51. The van der Waals surface area contributed by atoms with Crippen molar-refractivity contribution in [2.75, 3.05) is 20.1 Å².